The second kappa shape index (κ2) is 15.1. The fraction of sp³-hybridized carbons (Fsp3) is 0.692. The van der Waals surface area contributed by atoms with Gasteiger partial charge in [0.05, 0.1) is 0 Å². The molecule has 51 heavy (non-hydrogen) atoms. The summed E-state index contributed by atoms with van der Waals surface area (Å²) in [7, 11) is -13.7. The zero-order valence-electron chi connectivity index (χ0n) is 39.2. The Balaban J connectivity index is 4.63. The third kappa shape index (κ3) is 9.56. The van der Waals surface area contributed by atoms with Crippen molar-refractivity contribution in [3.05, 3.63) is 34.9 Å². The van der Waals surface area contributed by atoms with E-state index in [1.54, 1.807) is 0 Å². The van der Waals surface area contributed by atoms with E-state index in [4.69, 9.17) is 0 Å². The summed E-state index contributed by atoms with van der Waals surface area (Å²) in [6.45, 7) is 66.2. The van der Waals surface area contributed by atoms with Gasteiger partial charge in [-0.2, -0.15) is 0 Å². The van der Waals surface area contributed by atoms with E-state index in [2.05, 4.69) is 229 Å². The number of hydrogen-bond donors (Lipinski definition) is 0. The van der Waals surface area contributed by atoms with Crippen LogP contribution in [0.4, 0.5) is 0 Å². The van der Waals surface area contributed by atoms with Crippen molar-refractivity contribution >= 4 is 88.2 Å². The first kappa shape index (κ1) is 49.5. The summed E-state index contributed by atoms with van der Waals surface area (Å²) in [5, 5.41) is 0. The molecule has 0 fully saturated rings. The van der Waals surface area contributed by atoms with Gasteiger partial charge in [0.15, 0.2) is 0 Å². The van der Waals surface area contributed by atoms with Crippen molar-refractivity contribution in [2.24, 2.45) is 0 Å². The van der Waals surface area contributed by atoms with E-state index in [1.807, 2.05) is 0 Å². The van der Waals surface area contributed by atoms with Crippen LogP contribution in [0.2, 0.25) is 177 Å². The average molecular weight is 890 g/mol. The van der Waals surface area contributed by atoms with Crippen LogP contribution in [-0.2, 0) is 0 Å². The lowest BCUT2D eigenvalue weighted by molar-refractivity contribution is 1.56. The minimum atomic E-state index is -1.83. The van der Waals surface area contributed by atoms with Crippen LogP contribution in [0.15, 0.2) is 18.2 Å². The Morgan fingerprint density at radius 3 is 0.451 bits per heavy atom. The minimum Gasteiger partial charge on any atom is -0.135 e. The van der Waals surface area contributed by atoms with Gasteiger partial charge in [-0.25, -0.2) is 0 Å². The van der Waals surface area contributed by atoms with Crippen LogP contribution in [-0.4, -0.2) is 88.2 Å². The van der Waals surface area contributed by atoms with E-state index in [9.17, 15) is 0 Å². The van der Waals surface area contributed by atoms with Gasteiger partial charge < -0.3 is 0 Å². The highest BCUT2D eigenvalue weighted by Crippen LogP contribution is 2.39. The lowest BCUT2D eigenvalue weighted by Crippen LogP contribution is -2.82. The molecule has 0 amide bonds. The molecular weight excluding hydrogens is 805 g/mol. The average Bonchev–Trinajstić information content (AvgIpc) is 2.76. The molecule has 0 atom stereocenters. The highest BCUT2D eigenvalue weighted by Gasteiger charge is 2.63. The summed E-state index contributed by atoms with van der Waals surface area (Å²) in [5.74, 6) is 12.1. The van der Waals surface area contributed by atoms with Crippen LogP contribution in [0.25, 0.3) is 0 Å². The first-order valence-electron chi connectivity index (χ1n) is 19.7. The van der Waals surface area contributed by atoms with E-state index in [1.165, 1.54) is 16.7 Å². The van der Waals surface area contributed by atoms with Crippen molar-refractivity contribution in [1.82, 2.24) is 0 Å². The van der Waals surface area contributed by atoms with Gasteiger partial charge in [0, 0.05) is 85.0 Å². The monoisotopic (exact) mass is 888 g/mol. The SMILES string of the molecule is C[Si](C)(C)[Si](C#Cc1cc(C#C[Si]([Si](C)(C)C)([Si](C)(C)C)[Si](C)(C)C)cc(C#C[Si]([Si](C)(C)C)([Si](C)(C)C)[Si](C)(C)C)c1)([Si](C)(C)C)[Si](C)(C)C. The van der Waals surface area contributed by atoms with Gasteiger partial charge in [0.1, 0.15) is 19.9 Å². The molecule has 0 heterocycles. The van der Waals surface area contributed by atoms with Gasteiger partial charge in [-0.1, -0.05) is 195 Å². The quantitative estimate of drug-likeness (QED) is 0.171. The summed E-state index contributed by atoms with van der Waals surface area (Å²) in [6.07, 6.45) is 0. The number of rotatable bonds is 9. The van der Waals surface area contributed by atoms with Crippen molar-refractivity contribution in [3.8, 4) is 34.4 Å². The Bertz CT molecular complexity index is 1290. The summed E-state index contributed by atoms with van der Waals surface area (Å²) in [5.41, 5.74) is 16.6. The van der Waals surface area contributed by atoms with Crippen LogP contribution in [0, 0.1) is 34.4 Å². The molecule has 0 nitrogen and oxygen atoms in total. The minimum absolute atomic E-state index is 1.18. The van der Waals surface area contributed by atoms with Crippen molar-refractivity contribution in [2.75, 3.05) is 0 Å². The van der Waals surface area contributed by atoms with E-state index >= 15 is 0 Å². The molecule has 12 heteroatoms. The van der Waals surface area contributed by atoms with Gasteiger partial charge in [0.2, 0.25) is 0 Å². The molecule has 0 aliphatic rings. The molecule has 1 rings (SSSR count). The first-order chi connectivity index (χ1) is 22.0. The van der Waals surface area contributed by atoms with Crippen LogP contribution >= 0.6 is 0 Å². The van der Waals surface area contributed by atoms with Crippen molar-refractivity contribution in [1.29, 1.82) is 0 Å². The van der Waals surface area contributed by atoms with Crippen molar-refractivity contribution in [2.45, 2.75) is 177 Å². The predicted octanol–water partition coefficient (Wildman–Crippen LogP) is 12.5. The summed E-state index contributed by atoms with van der Waals surface area (Å²) < 4.78 is 0. The standard InChI is InChI=1S/C39H84Si12/c1-40(2,3)49(41(4,5)6,42(7,8)9)31-28-37-34-38(29-32-50(43(10,11)12,44(13,14)15)45(16,17)18)36-39(35-37)30-33-51(46(19,20)21,47(22,23)24)48(25,26)27/h34-36H,1-27H3. The maximum Gasteiger partial charge on any atom is 0.115 e. The molecule has 0 spiro atoms. The van der Waals surface area contributed by atoms with Crippen LogP contribution in [0.3, 0.4) is 0 Å². The third-order valence-corrected chi connectivity index (χ3v) is 220. The molecule has 1 aromatic rings. The van der Waals surface area contributed by atoms with E-state index < -0.39 is 88.2 Å². The molecule has 0 N–H and O–H groups in total. The number of benzene rings is 1. The lowest BCUT2D eigenvalue weighted by atomic mass is 10.1. The zero-order chi connectivity index (χ0) is 41.1. The normalized spacial score (nSPS) is 14.9. The molecule has 288 valence electrons. The summed E-state index contributed by atoms with van der Waals surface area (Å²) in [6, 6.07) is 7.17. The molecule has 0 unspecified atom stereocenters. The van der Waals surface area contributed by atoms with Gasteiger partial charge in [0.25, 0.3) is 0 Å². The van der Waals surface area contributed by atoms with Crippen LogP contribution < -0.4 is 0 Å². The Kier molecular flexibility index (Phi) is 14.7. The Morgan fingerprint density at radius 2 is 0.353 bits per heavy atom. The first-order valence-corrected chi connectivity index (χ1v) is 66.2. The van der Waals surface area contributed by atoms with Gasteiger partial charge >= 0.3 is 0 Å². The second-order valence-corrected chi connectivity index (χ2v) is 145. The third-order valence-electron chi connectivity index (χ3n) is 12.2. The summed E-state index contributed by atoms with van der Waals surface area (Å²) in [4.78, 5) is 0. The van der Waals surface area contributed by atoms with E-state index in [0.29, 0.717) is 0 Å². The second-order valence-electron chi connectivity index (χ2n) is 25.0. The predicted molar refractivity (Wildman–Crippen MR) is 274 cm³/mol. The molecule has 0 aliphatic heterocycles. The lowest BCUT2D eigenvalue weighted by Gasteiger charge is -2.53. The van der Waals surface area contributed by atoms with E-state index in [0.717, 1.165) is 0 Å². The Hall–Kier alpha value is 0.503. The molecule has 0 saturated heterocycles. The van der Waals surface area contributed by atoms with E-state index in [-0.39, 0.29) is 0 Å². The van der Waals surface area contributed by atoms with Crippen LogP contribution in [0.5, 0.6) is 0 Å². The van der Waals surface area contributed by atoms with Gasteiger partial charge in [-0.15, -0.1) is 16.6 Å². The Morgan fingerprint density at radius 1 is 0.235 bits per heavy atom. The summed E-state index contributed by atoms with van der Waals surface area (Å²) >= 11 is 0. The fourth-order valence-corrected chi connectivity index (χ4v) is 293. The van der Waals surface area contributed by atoms with Crippen molar-refractivity contribution < 1.29 is 0 Å². The maximum absolute atomic E-state index is 4.35. The van der Waals surface area contributed by atoms with Gasteiger partial charge in [-0.05, 0) is 18.2 Å². The largest absolute Gasteiger partial charge is 0.135 e. The van der Waals surface area contributed by atoms with Gasteiger partial charge in [-0.3, -0.25) is 0 Å². The zero-order valence-corrected chi connectivity index (χ0v) is 51.2. The molecule has 0 bridgehead atoms. The molecule has 0 saturated carbocycles. The fourth-order valence-electron chi connectivity index (χ4n) is 13.2. The topological polar surface area (TPSA) is 0 Å². The highest BCUT2D eigenvalue weighted by atomic mass is 29.9. The molecule has 1 aromatic carbocycles. The molecule has 0 aromatic heterocycles. The molecular formula is C39H84Si12. The smallest absolute Gasteiger partial charge is 0.115 e. The highest BCUT2D eigenvalue weighted by molar-refractivity contribution is 7.93. The van der Waals surface area contributed by atoms with Crippen molar-refractivity contribution in [3.63, 3.8) is 0 Å². The maximum atomic E-state index is 4.35. The number of hydrogen-bond acceptors (Lipinski definition) is 0. The van der Waals surface area contributed by atoms with Crippen LogP contribution in [0.1, 0.15) is 16.7 Å². The molecule has 0 aliphatic carbocycles. The Labute approximate surface area is 331 Å². The molecule has 0 radical (unpaired) electrons.